The van der Waals surface area contributed by atoms with E-state index >= 15 is 0 Å². The molecule has 22 heavy (non-hydrogen) atoms. The van der Waals surface area contributed by atoms with Crippen LogP contribution in [0.4, 0.5) is 10.6 Å². The summed E-state index contributed by atoms with van der Waals surface area (Å²) < 4.78 is 5.22. The second kappa shape index (κ2) is 7.09. The van der Waals surface area contributed by atoms with E-state index in [0.717, 1.165) is 13.1 Å². The summed E-state index contributed by atoms with van der Waals surface area (Å²) in [5, 5.41) is 2.67. The Bertz CT molecular complexity index is 494. The molecule has 122 valence electrons. The monoisotopic (exact) mass is 305 g/mol. The van der Waals surface area contributed by atoms with Gasteiger partial charge in [-0.3, -0.25) is 10.2 Å². The molecule has 1 aliphatic heterocycles. The Labute approximate surface area is 133 Å². The Kier molecular flexibility index (Phi) is 5.40. The van der Waals surface area contributed by atoms with Gasteiger partial charge in [0.15, 0.2) is 0 Å². The molecule has 1 amide bonds. The number of hydrogen-bond donors (Lipinski definition) is 1. The number of rotatable bonds is 4. The molecule has 1 N–H and O–H groups in total. The van der Waals surface area contributed by atoms with Crippen LogP contribution in [0.15, 0.2) is 18.3 Å². The van der Waals surface area contributed by atoms with Gasteiger partial charge in [0.1, 0.15) is 11.4 Å². The number of nitrogens with one attached hydrogen (secondary N) is 1. The van der Waals surface area contributed by atoms with E-state index in [9.17, 15) is 4.79 Å². The Morgan fingerprint density at radius 1 is 1.45 bits per heavy atom. The third kappa shape index (κ3) is 4.70. The number of aromatic nitrogens is 1. The van der Waals surface area contributed by atoms with E-state index in [0.29, 0.717) is 11.9 Å². The Morgan fingerprint density at radius 2 is 2.23 bits per heavy atom. The molecule has 1 aliphatic rings. The first-order chi connectivity index (χ1) is 10.4. The second-order valence-electron chi connectivity index (χ2n) is 6.80. The molecule has 2 heterocycles. The van der Waals surface area contributed by atoms with Crippen molar-refractivity contribution in [3.8, 4) is 0 Å². The highest BCUT2D eigenvalue weighted by Crippen LogP contribution is 2.31. The summed E-state index contributed by atoms with van der Waals surface area (Å²) in [5.41, 5.74) is 0.717. The molecule has 0 bridgehead atoms. The number of carbonyl (C=O) groups excluding carboxylic acids is 1. The zero-order chi connectivity index (χ0) is 16.2. The fraction of sp³-hybridized carbons (Fsp3) is 0.647. The smallest absolute Gasteiger partial charge is 0.413 e. The van der Waals surface area contributed by atoms with Crippen LogP contribution < -0.4 is 5.32 Å². The van der Waals surface area contributed by atoms with Gasteiger partial charge in [0, 0.05) is 12.2 Å². The van der Waals surface area contributed by atoms with Crippen molar-refractivity contribution in [1.29, 1.82) is 0 Å². The van der Waals surface area contributed by atoms with Crippen LogP contribution >= 0.6 is 0 Å². The van der Waals surface area contributed by atoms with Crippen LogP contribution in [0.1, 0.15) is 58.6 Å². The van der Waals surface area contributed by atoms with Gasteiger partial charge in [0.05, 0.1) is 0 Å². The van der Waals surface area contributed by atoms with Crippen LogP contribution in [-0.2, 0) is 4.74 Å². The molecular formula is C17H27N3O2. The van der Waals surface area contributed by atoms with Crippen molar-refractivity contribution in [2.75, 3.05) is 18.4 Å². The largest absolute Gasteiger partial charge is 0.444 e. The van der Waals surface area contributed by atoms with Crippen molar-refractivity contribution in [3.05, 3.63) is 23.9 Å². The van der Waals surface area contributed by atoms with E-state index in [-0.39, 0.29) is 0 Å². The minimum Gasteiger partial charge on any atom is -0.444 e. The molecular weight excluding hydrogens is 278 g/mol. The van der Waals surface area contributed by atoms with Crippen LogP contribution in [0.2, 0.25) is 0 Å². The standard InChI is InChI=1S/C17H27N3O2/c1-5-10-20-11-6-7-14(20)13-8-9-15(18-12-13)19-16(21)22-17(2,3)4/h8-9,12,14H,5-7,10-11H2,1-4H3,(H,18,19,21). The fourth-order valence-electron chi connectivity index (χ4n) is 2.84. The molecule has 0 aliphatic carbocycles. The molecule has 0 spiro atoms. The summed E-state index contributed by atoms with van der Waals surface area (Å²) in [6.45, 7) is 10.0. The maximum absolute atomic E-state index is 11.7. The van der Waals surface area contributed by atoms with Crippen molar-refractivity contribution in [2.24, 2.45) is 0 Å². The van der Waals surface area contributed by atoms with Gasteiger partial charge in [-0.05, 0) is 64.8 Å². The summed E-state index contributed by atoms with van der Waals surface area (Å²) in [6.07, 6.45) is 4.98. The maximum atomic E-state index is 11.7. The maximum Gasteiger partial charge on any atom is 0.413 e. The quantitative estimate of drug-likeness (QED) is 0.914. The molecule has 1 atom stereocenters. The van der Waals surface area contributed by atoms with Crippen LogP contribution in [-0.4, -0.2) is 34.7 Å². The molecule has 0 aromatic carbocycles. The predicted octanol–water partition coefficient (Wildman–Crippen LogP) is 3.98. The van der Waals surface area contributed by atoms with E-state index in [1.807, 2.05) is 33.0 Å². The van der Waals surface area contributed by atoms with Gasteiger partial charge in [-0.1, -0.05) is 13.0 Å². The SMILES string of the molecule is CCCN1CCCC1c1ccc(NC(=O)OC(C)(C)C)nc1. The highest BCUT2D eigenvalue weighted by Gasteiger charge is 2.25. The van der Waals surface area contributed by atoms with E-state index in [1.165, 1.54) is 24.8 Å². The van der Waals surface area contributed by atoms with E-state index in [4.69, 9.17) is 4.74 Å². The zero-order valence-electron chi connectivity index (χ0n) is 14.1. The molecule has 1 aromatic rings. The summed E-state index contributed by atoms with van der Waals surface area (Å²) in [5.74, 6) is 0.526. The number of amides is 1. The molecule has 1 saturated heterocycles. The molecule has 5 heteroatoms. The normalized spacial score (nSPS) is 19.2. The first-order valence-corrected chi connectivity index (χ1v) is 8.09. The van der Waals surface area contributed by atoms with Gasteiger partial charge in [-0.15, -0.1) is 0 Å². The van der Waals surface area contributed by atoms with Gasteiger partial charge < -0.3 is 4.74 Å². The topological polar surface area (TPSA) is 54.5 Å². The summed E-state index contributed by atoms with van der Waals surface area (Å²) in [7, 11) is 0. The molecule has 5 nitrogen and oxygen atoms in total. The lowest BCUT2D eigenvalue weighted by Crippen LogP contribution is -2.27. The number of carbonyl (C=O) groups is 1. The van der Waals surface area contributed by atoms with Crippen molar-refractivity contribution >= 4 is 11.9 Å². The number of likely N-dealkylation sites (tertiary alicyclic amines) is 1. The predicted molar refractivity (Wildman–Crippen MR) is 87.9 cm³/mol. The van der Waals surface area contributed by atoms with E-state index in [2.05, 4.69) is 28.2 Å². The number of hydrogen-bond acceptors (Lipinski definition) is 4. The minimum absolute atomic E-state index is 0.461. The zero-order valence-corrected chi connectivity index (χ0v) is 14.1. The van der Waals surface area contributed by atoms with Crippen molar-refractivity contribution < 1.29 is 9.53 Å². The fourth-order valence-corrected chi connectivity index (χ4v) is 2.84. The van der Waals surface area contributed by atoms with Crippen LogP contribution in [0.3, 0.4) is 0 Å². The van der Waals surface area contributed by atoms with Crippen LogP contribution in [0.5, 0.6) is 0 Å². The molecule has 2 rings (SSSR count). The highest BCUT2D eigenvalue weighted by atomic mass is 16.6. The molecule has 1 aromatic heterocycles. The van der Waals surface area contributed by atoms with Gasteiger partial charge in [0.2, 0.25) is 0 Å². The molecule has 0 saturated carbocycles. The first-order valence-electron chi connectivity index (χ1n) is 8.09. The third-order valence-electron chi connectivity index (χ3n) is 3.67. The van der Waals surface area contributed by atoms with E-state index < -0.39 is 11.7 Å². The summed E-state index contributed by atoms with van der Waals surface area (Å²) in [6, 6.07) is 4.36. The lowest BCUT2D eigenvalue weighted by molar-refractivity contribution is 0.0635. The Balaban J connectivity index is 1.97. The average Bonchev–Trinajstić information content (AvgIpc) is 2.86. The number of pyridine rings is 1. The third-order valence-corrected chi connectivity index (χ3v) is 3.67. The summed E-state index contributed by atoms with van der Waals surface area (Å²) in [4.78, 5) is 18.6. The van der Waals surface area contributed by atoms with Crippen LogP contribution in [0, 0.1) is 0 Å². The Morgan fingerprint density at radius 3 is 2.82 bits per heavy atom. The van der Waals surface area contributed by atoms with Gasteiger partial charge >= 0.3 is 6.09 Å². The summed E-state index contributed by atoms with van der Waals surface area (Å²) >= 11 is 0. The molecule has 1 fully saturated rings. The number of anilines is 1. The molecule has 1 unspecified atom stereocenters. The highest BCUT2D eigenvalue weighted by molar-refractivity contribution is 5.83. The lowest BCUT2D eigenvalue weighted by atomic mass is 10.1. The van der Waals surface area contributed by atoms with Gasteiger partial charge in [0.25, 0.3) is 0 Å². The second-order valence-corrected chi connectivity index (χ2v) is 6.80. The van der Waals surface area contributed by atoms with Crippen molar-refractivity contribution in [3.63, 3.8) is 0 Å². The van der Waals surface area contributed by atoms with E-state index in [1.54, 1.807) is 0 Å². The van der Waals surface area contributed by atoms with Crippen molar-refractivity contribution in [2.45, 2.75) is 58.6 Å². The van der Waals surface area contributed by atoms with Gasteiger partial charge in [-0.2, -0.15) is 0 Å². The number of nitrogens with zero attached hydrogens (tertiary/aromatic N) is 2. The molecule has 0 radical (unpaired) electrons. The Hall–Kier alpha value is -1.62. The van der Waals surface area contributed by atoms with Crippen molar-refractivity contribution in [1.82, 2.24) is 9.88 Å². The minimum atomic E-state index is -0.505. The van der Waals surface area contributed by atoms with Crippen LogP contribution in [0.25, 0.3) is 0 Å². The lowest BCUT2D eigenvalue weighted by Gasteiger charge is -2.24. The average molecular weight is 305 g/mol. The first kappa shape index (κ1) is 16.7. The van der Waals surface area contributed by atoms with Gasteiger partial charge in [-0.25, -0.2) is 9.78 Å². The number of ether oxygens (including phenoxy) is 1.